The first-order valence-corrected chi connectivity index (χ1v) is 4.84. The number of nitrogen functional groups attached to an aromatic ring is 1. The largest absolute Gasteiger partial charge is 0.398 e. The molecule has 1 aliphatic heterocycles. The summed E-state index contributed by atoms with van der Waals surface area (Å²) in [6.45, 7) is 0. The third-order valence-corrected chi connectivity index (χ3v) is 3.09. The molecule has 1 aromatic carbocycles. The fraction of sp³-hybridized carbons (Fsp3) is 0.222. The van der Waals surface area contributed by atoms with E-state index in [-0.39, 0.29) is 5.91 Å². The minimum atomic E-state index is 0.0733. The zero-order valence-electron chi connectivity index (χ0n) is 6.93. The molecular weight excluding hydrogens is 232 g/mol. The number of hydrogen-bond acceptors (Lipinski definition) is 2. The lowest BCUT2D eigenvalue weighted by Gasteiger charge is -2.18. The second-order valence-corrected chi connectivity index (χ2v) is 3.84. The summed E-state index contributed by atoms with van der Waals surface area (Å²) in [5.74, 6) is 0.0733. The van der Waals surface area contributed by atoms with Crippen LogP contribution in [0.15, 0.2) is 16.6 Å². The Morgan fingerprint density at radius 3 is 2.92 bits per heavy atom. The molecule has 1 amide bonds. The molecule has 4 heteroatoms. The van der Waals surface area contributed by atoms with E-state index in [0.29, 0.717) is 6.42 Å². The Hall–Kier alpha value is -1.03. The molecule has 3 N–H and O–H groups in total. The molecule has 0 atom stereocenters. The standard InChI is InChI=1S/C9H9BrN2O/c10-9-5-1-4-8(13)12-7(5)3-2-6(9)11/h2-3H,1,4,11H2,(H,12,13). The van der Waals surface area contributed by atoms with Crippen LogP contribution < -0.4 is 11.1 Å². The quantitative estimate of drug-likeness (QED) is 0.681. The number of anilines is 2. The van der Waals surface area contributed by atoms with E-state index in [4.69, 9.17) is 5.73 Å². The molecule has 0 radical (unpaired) electrons. The zero-order chi connectivity index (χ0) is 9.42. The molecule has 0 bridgehead atoms. The minimum absolute atomic E-state index is 0.0733. The summed E-state index contributed by atoms with van der Waals surface area (Å²) >= 11 is 3.41. The van der Waals surface area contributed by atoms with Crippen LogP contribution in [0.4, 0.5) is 11.4 Å². The fourth-order valence-electron chi connectivity index (χ4n) is 1.45. The molecule has 1 aromatic rings. The summed E-state index contributed by atoms with van der Waals surface area (Å²) in [5, 5.41) is 2.80. The number of fused-ring (bicyclic) bond motifs is 1. The van der Waals surface area contributed by atoms with Crippen LogP contribution >= 0.6 is 15.9 Å². The van der Waals surface area contributed by atoms with E-state index in [2.05, 4.69) is 21.2 Å². The summed E-state index contributed by atoms with van der Waals surface area (Å²) in [4.78, 5) is 11.1. The van der Waals surface area contributed by atoms with E-state index in [9.17, 15) is 4.79 Å². The Kier molecular flexibility index (Phi) is 2.00. The molecule has 13 heavy (non-hydrogen) atoms. The van der Waals surface area contributed by atoms with E-state index in [1.807, 2.05) is 6.07 Å². The van der Waals surface area contributed by atoms with Crippen LogP contribution in [0.2, 0.25) is 0 Å². The summed E-state index contributed by atoms with van der Waals surface area (Å²) in [7, 11) is 0. The van der Waals surface area contributed by atoms with Crippen molar-refractivity contribution in [2.75, 3.05) is 11.1 Å². The predicted octanol–water partition coefficient (Wildman–Crippen LogP) is 1.92. The van der Waals surface area contributed by atoms with Crippen LogP contribution in [-0.2, 0) is 11.2 Å². The second kappa shape index (κ2) is 3.03. The van der Waals surface area contributed by atoms with Crippen LogP contribution in [0, 0.1) is 0 Å². The Bertz CT molecular complexity index is 376. The van der Waals surface area contributed by atoms with E-state index in [1.54, 1.807) is 6.07 Å². The third-order valence-electron chi connectivity index (χ3n) is 2.15. The molecule has 3 nitrogen and oxygen atoms in total. The smallest absolute Gasteiger partial charge is 0.224 e. The first kappa shape index (κ1) is 8.56. The van der Waals surface area contributed by atoms with Gasteiger partial charge in [-0.2, -0.15) is 0 Å². The van der Waals surface area contributed by atoms with Gasteiger partial charge in [-0.15, -0.1) is 0 Å². The average Bonchev–Trinajstić information content (AvgIpc) is 2.12. The van der Waals surface area contributed by atoms with Gasteiger partial charge in [-0.3, -0.25) is 4.79 Å². The van der Waals surface area contributed by atoms with Gasteiger partial charge in [-0.1, -0.05) is 0 Å². The predicted molar refractivity (Wildman–Crippen MR) is 55.5 cm³/mol. The van der Waals surface area contributed by atoms with Crippen molar-refractivity contribution < 1.29 is 4.79 Å². The maximum absolute atomic E-state index is 11.1. The van der Waals surface area contributed by atoms with E-state index < -0.39 is 0 Å². The SMILES string of the molecule is Nc1ccc2c(c1Br)CCC(=O)N2. The maximum atomic E-state index is 11.1. The Balaban J connectivity index is 2.53. The topological polar surface area (TPSA) is 55.1 Å². The summed E-state index contributed by atoms with van der Waals surface area (Å²) < 4.78 is 0.907. The zero-order valence-corrected chi connectivity index (χ0v) is 8.52. The van der Waals surface area contributed by atoms with Crippen molar-refractivity contribution >= 4 is 33.2 Å². The molecule has 0 unspecified atom stereocenters. The van der Waals surface area contributed by atoms with Crippen molar-refractivity contribution in [3.05, 3.63) is 22.2 Å². The van der Waals surface area contributed by atoms with Crippen LogP contribution in [0.3, 0.4) is 0 Å². The number of nitrogens with one attached hydrogen (secondary N) is 1. The summed E-state index contributed by atoms with van der Waals surface area (Å²) in [6, 6.07) is 3.63. The van der Waals surface area contributed by atoms with Gasteiger partial charge < -0.3 is 11.1 Å². The van der Waals surface area contributed by atoms with Crippen molar-refractivity contribution in [1.82, 2.24) is 0 Å². The van der Waals surface area contributed by atoms with Gasteiger partial charge in [0.2, 0.25) is 5.91 Å². The summed E-state index contributed by atoms with van der Waals surface area (Å²) in [6.07, 6.45) is 1.29. The van der Waals surface area contributed by atoms with Crippen molar-refractivity contribution in [2.24, 2.45) is 0 Å². The van der Waals surface area contributed by atoms with Crippen molar-refractivity contribution in [3.63, 3.8) is 0 Å². The van der Waals surface area contributed by atoms with Crippen LogP contribution in [0.1, 0.15) is 12.0 Å². The van der Waals surface area contributed by atoms with Gasteiger partial charge in [0.1, 0.15) is 0 Å². The van der Waals surface area contributed by atoms with Gasteiger partial charge in [0.15, 0.2) is 0 Å². The number of benzene rings is 1. The first-order chi connectivity index (χ1) is 6.18. The van der Waals surface area contributed by atoms with Crippen LogP contribution in [0.25, 0.3) is 0 Å². The molecule has 0 aliphatic carbocycles. The van der Waals surface area contributed by atoms with Gasteiger partial charge in [0.05, 0.1) is 0 Å². The van der Waals surface area contributed by atoms with Crippen molar-refractivity contribution in [1.29, 1.82) is 0 Å². The number of halogens is 1. The molecule has 0 fully saturated rings. The van der Waals surface area contributed by atoms with Gasteiger partial charge >= 0.3 is 0 Å². The number of nitrogens with two attached hydrogens (primary N) is 1. The van der Waals surface area contributed by atoms with Crippen molar-refractivity contribution in [2.45, 2.75) is 12.8 Å². The molecule has 0 saturated carbocycles. The number of rotatable bonds is 0. The Morgan fingerprint density at radius 1 is 1.38 bits per heavy atom. The first-order valence-electron chi connectivity index (χ1n) is 4.05. The highest BCUT2D eigenvalue weighted by atomic mass is 79.9. The van der Waals surface area contributed by atoms with Gasteiger partial charge in [-0.25, -0.2) is 0 Å². The maximum Gasteiger partial charge on any atom is 0.224 e. The van der Waals surface area contributed by atoms with E-state index >= 15 is 0 Å². The number of carbonyl (C=O) groups is 1. The highest BCUT2D eigenvalue weighted by Gasteiger charge is 2.17. The Morgan fingerprint density at radius 2 is 2.15 bits per heavy atom. The monoisotopic (exact) mass is 240 g/mol. The normalized spacial score (nSPS) is 15.0. The fourth-order valence-corrected chi connectivity index (χ4v) is 2.00. The molecule has 1 heterocycles. The lowest BCUT2D eigenvalue weighted by Crippen LogP contribution is -2.19. The minimum Gasteiger partial charge on any atom is -0.398 e. The second-order valence-electron chi connectivity index (χ2n) is 3.04. The van der Waals surface area contributed by atoms with E-state index in [1.165, 1.54) is 0 Å². The third kappa shape index (κ3) is 1.42. The molecule has 68 valence electrons. The molecule has 2 rings (SSSR count). The average molecular weight is 241 g/mol. The molecule has 1 aliphatic rings. The summed E-state index contributed by atoms with van der Waals surface area (Å²) in [5.41, 5.74) is 8.41. The van der Waals surface area contributed by atoms with Gasteiger partial charge in [0.25, 0.3) is 0 Å². The lowest BCUT2D eigenvalue weighted by atomic mass is 10.0. The van der Waals surface area contributed by atoms with Gasteiger partial charge in [-0.05, 0) is 40.0 Å². The van der Waals surface area contributed by atoms with E-state index in [0.717, 1.165) is 27.8 Å². The number of carbonyl (C=O) groups excluding carboxylic acids is 1. The van der Waals surface area contributed by atoms with Crippen molar-refractivity contribution in [3.8, 4) is 0 Å². The highest BCUT2D eigenvalue weighted by Crippen LogP contribution is 2.33. The molecule has 0 aromatic heterocycles. The van der Waals surface area contributed by atoms with Crippen LogP contribution in [-0.4, -0.2) is 5.91 Å². The lowest BCUT2D eigenvalue weighted by molar-refractivity contribution is -0.116. The molecule has 0 spiro atoms. The molecule has 0 saturated heterocycles. The number of amides is 1. The Labute approximate surface area is 84.4 Å². The van der Waals surface area contributed by atoms with Crippen LogP contribution in [0.5, 0.6) is 0 Å². The number of hydrogen-bond donors (Lipinski definition) is 2. The van der Waals surface area contributed by atoms with Gasteiger partial charge in [0, 0.05) is 22.3 Å². The molecular formula is C9H9BrN2O. The highest BCUT2D eigenvalue weighted by molar-refractivity contribution is 9.10.